The highest BCUT2D eigenvalue weighted by Crippen LogP contribution is 2.44. The number of carbonyl (C=O) groups excluding carboxylic acids is 1. The van der Waals surface area contributed by atoms with Crippen LogP contribution in [0.25, 0.3) is 11.1 Å². The molecule has 3 aromatic rings. The molecule has 0 spiro atoms. The van der Waals surface area contributed by atoms with Crippen LogP contribution in [-0.2, 0) is 16.1 Å². The Kier molecular flexibility index (Phi) is 6.97. The van der Waals surface area contributed by atoms with Crippen molar-refractivity contribution in [3.05, 3.63) is 95.6 Å². The third kappa shape index (κ3) is 5.13. The summed E-state index contributed by atoms with van der Waals surface area (Å²) in [6.07, 6.45) is -0.483. The lowest BCUT2D eigenvalue weighted by molar-refractivity contribution is 0.0615. The predicted octanol–water partition coefficient (Wildman–Crippen LogP) is 4.35. The van der Waals surface area contributed by atoms with Crippen molar-refractivity contribution in [3.8, 4) is 11.1 Å². The van der Waals surface area contributed by atoms with Crippen molar-refractivity contribution in [2.24, 2.45) is 5.92 Å². The van der Waals surface area contributed by atoms with E-state index in [1.165, 1.54) is 22.3 Å². The first-order chi connectivity index (χ1) is 15.3. The van der Waals surface area contributed by atoms with Crippen LogP contribution in [0.2, 0.25) is 0 Å². The summed E-state index contributed by atoms with van der Waals surface area (Å²) in [5, 5.41) is 12.3. The minimum absolute atomic E-state index is 0.0287. The molecule has 0 bridgehead atoms. The minimum atomic E-state index is -0.483. The lowest BCUT2D eigenvalue weighted by Crippen LogP contribution is -2.34. The molecule has 0 unspecified atom stereocenters. The number of rotatable bonds is 9. The van der Waals surface area contributed by atoms with Crippen molar-refractivity contribution in [3.63, 3.8) is 0 Å². The molecule has 1 amide bonds. The molecular weight excluding hydrogens is 390 g/mol. The van der Waals surface area contributed by atoms with Crippen LogP contribution in [0, 0.1) is 5.92 Å². The number of nitrogens with one attached hydrogen (secondary N) is 1. The van der Waals surface area contributed by atoms with Gasteiger partial charge >= 0.3 is 6.09 Å². The van der Waals surface area contributed by atoms with Gasteiger partial charge in [-0.3, -0.25) is 0 Å². The molecule has 0 saturated heterocycles. The van der Waals surface area contributed by atoms with Crippen molar-refractivity contribution >= 4 is 6.09 Å². The molecule has 0 aliphatic heterocycles. The Morgan fingerprint density at radius 1 is 0.903 bits per heavy atom. The van der Waals surface area contributed by atoms with Gasteiger partial charge in [0, 0.05) is 25.0 Å². The Labute approximate surface area is 182 Å². The van der Waals surface area contributed by atoms with Crippen molar-refractivity contribution in [2.75, 3.05) is 26.4 Å². The summed E-state index contributed by atoms with van der Waals surface area (Å²) in [5.74, 6) is -0.162. The fourth-order valence-electron chi connectivity index (χ4n) is 3.97. The number of hydrogen-bond donors (Lipinski definition) is 2. The molecule has 3 aromatic carbocycles. The van der Waals surface area contributed by atoms with E-state index < -0.39 is 6.09 Å². The number of amides is 1. The number of aliphatic hydroxyl groups excluding tert-OH is 1. The predicted molar refractivity (Wildman–Crippen MR) is 120 cm³/mol. The molecule has 0 saturated carbocycles. The first-order valence-corrected chi connectivity index (χ1v) is 10.6. The quantitative estimate of drug-likeness (QED) is 0.543. The van der Waals surface area contributed by atoms with Crippen molar-refractivity contribution in [1.29, 1.82) is 0 Å². The van der Waals surface area contributed by atoms with Gasteiger partial charge in [0.25, 0.3) is 0 Å². The molecule has 5 nitrogen and oxygen atoms in total. The maximum absolute atomic E-state index is 12.3. The van der Waals surface area contributed by atoms with E-state index in [9.17, 15) is 9.90 Å². The van der Waals surface area contributed by atoms with Crippen LogP contribution in [0.3, 0.4) is 0 Å². The number of hydrogen-bond acceptors (Lipinski definition) is 4. The summed E-state index contributed by atoms with van der Waals surface area (Å²) in [6, 6.07) is 26.3. The topological polar surface area (TPSA) is 67.8 Å². The lowest BCUT2D eigenvalue weighted by Gasteiger charge is -2.17. The van der Waals surface area contributed by atoms with Gasteiger partial charge in [-0.2, -0.15) is 0 Å². The Morgan fingerprint density at radius 3 is 2.16 bits per heavy atom. The van der Waals surface area contributed by atoms with Crippen molar-refractivity contribution < 1.29 is 19.4 Å². The van der Waals surface area contributed by atoms with Crippen LogP contribution in [0.1, 0.15) is 22.6 Å². The molecule has 1 atom stereocenters. The zero-order chi connectivity index (χ0) is 21.5. The van der Waals surface area contributed by atoms with Crippen molar-refractivity contribution in [1.82, 2.24) is 5.32 Å². The summed E-state index contributed by atoms with van der Waals surface area (Å²) in [4.78, 5) is 12.3. The minimum Gasteiger partial charge on any atom is -0.449 e. The van der Waals surface area contributed by atoms with Crippen LogP contribution in [0.5, 0.6) is 0 Å². The fourth-order valence-corrected chi connectivity index (χ4v) is 3.97. The second-order valence-corrected chi connectivity index (χ2v) is 7.76. The van der Waals surface area contributed by atoms with E-state index in [2.05, 4.69) is 29.6 Å². The molecule has 5 heteroatoms. The summed E-state index contributed by atoms with van der Waals surface area (Å²) in [6.45, 7) is 1.33. The monoisotopic (exact) mass is 417 g/mol. The standard InChI is InChI=1S/C26H27NO4/c28-15-20(17-30-16-19-8-2-1-3-9-19)14-27-26(29)31-18-25-23-12-6-4-10-21(23)22-11-5-7-13-24(22)25/h1-13,20,25,28H,14-18H2,(H,27,29)/t20-/m1/s1. The van der Waals surface area contributed by atoms with Gasteiger partial charge in [-0.15, -0.1) is 0 Å². The maximum Gasteiger partial charge on any atom is 0.407 e. The molecule has 1 aliphatic rings. The van der Waals surface area contributed by atoms with Crippen LogP contribution >= 0.6 is 0 Å². The number of ether oxygens (including phenoxy) is 2. The Hall–Kier alpha value is -3.15. The number of alkyl carbamates (subject to hydrolysis) is 1. The Bertz CT molecular complexity index is 960. The van der Waals surface area contributed by atoms with Crippen LogP contribution < -0.4 is 5.32 Å². The summed E-state index contributed by atoms with van der Waals surface area (Å²) in [5.41, 5.74) is 5.83. The third-order valence-corrected chi connectivity index (χ3v) is 5.60. The molecular formula is C26H27NO4. The van der Waals surface area contributed by atoms with Gasteiger partial charge in [0.15, 0.2) is 0 Å². The highest BCUT2D eigenvalue weighted by atomic mass is 16.5. The SMILES string of the molecule is O=C(NC[C@H](CO)COCc1ccccc1)OCC1c2ccccc2-c2ccccc21. The van der Waals surface area contributed by atoms with Gasteiger partial charge in [0.05, 0.1) is 13.2 Å². The number of benzene rings is 3. The zero-order valence-electron chi connectivity index (χ0n) is 17.4. The van der Waals surface area contributed by atoms with E-state index in [0.717, 1.165) is 5.56 Å². The second kappa shape index (κ2) is 10.2. The summed E-state index contributed by atoms with van der Waals surface area (Å²) >= 11 is 0. The van der Waals surface area contributed by atoms with Gasteiger partial charge in [-0.05, 0) is 27.8 Å². The van der Waals surface area contributed by atoms with E-state index in [-0.39, 0.29) is 25.0 Å². The third-order valence-electron chi connectivity index (χ3n) is 5.60. The molecule has 0 heterocycles. The van der Waals surface area contributed by atoms with Crippen LogP contribution in [0.4, 0.5) is 4.79 Å². The molecule has 4 rings (SSSR count). The van der Waals surface area contributed by atoms with Gasteiger partial charge in [-0.25, -0.2) is 4.79 Å². The average Bonchev–Trinajstić information content (AvgIpc) is 3.14. The normalized spacial score (nSPS) is 13.3. The van der Waals surface area contributed by atoms with E-state index in [4.69, 9.17) is 9.47 Å². The maximum atomic E-state index is 12.3. The van der Waals surface area contributed by atoms with Gasteiger partial charge in [0.1, 0.15) is 6.61 Å². The smallest absolute Gasteiger partial charge is 0.407 e. The molecule has 2 N–H and O–H groups in total. The second-order valence-electron chi connectivity index (χ2n) is 7.76. The Morgan fingerprint density at radius 2 is 1.52 bits per heavy atom. The molecule has 0 aromatic heterocycles. The van der Waals surface area contributed by atoms with E-state index in [1.807, 2.05) is 54.6 Å². The van der Waals surface area contributed by atoms with Crippen LogP contribution in [0.15, 0.2) is 78.9 Å². The lowest BCUT2D eigenvalue weighted by atomic mass is 9.98. The number of fused-ring (bicyclic) bond motifs is 3. The first-order valence-electron chi connectivity index (χ1n) is 10.6. The largest absolute Gasteiger partial charge is 0.449 e. The summed E-state index contributed by atoms with van der Waals surface area (Å²) < 4.78 is 11.2. The Balaban J connectivity index is 1.25. The molecule has 1 aliphatic carbocycles. The van der Waals surface area contributed by atoms with Gasteiger partial charge in [-0.1, -0.05) is 78.9 Å². The van der Waals surface area contributed by atoms with Crippen molar-refractivity contribution in [2.45, 2.75) is 12.5 Å². The highest BCUT2D eigenvalue weighted by Gasteiger charge is 2.29. The fraction of sp³-hybridized carbons (Fsp3) is 0.269. The molecule has 31 heavy (non-hydrogen) atoms. The zero-order valence-corrected chi connectivity index (χ0v) is 17.4. The summed E-state index contributed by atoms with van der Waals surface area (Å²) in [7, 11) is 0. The van der Waals surface area contributed by atoms with E-state index in [1.54, 1.807) is 0 Å². The first kappa shape index (κ1) is 21.1. The van der Waals surface area contributed by atoms with Gasteiger partial charge < -0.3 is 19.9 Å². The number of aliphatic hydroxyl groups is 1. The van der Waals surface area contributed by atoms with E-state index in [0.29, 0.717) is 19.8 Å². The van der Waals surface area contributed by atoms with Gasteiger partial charge in [0.2, 0.25) is 0 Å². The highest BCUT2D eigenvalue weighted by molar-refractivity contribution is 5.79. The molecule has 0 radical (unpaired) electrons. The van der Waals surface area contributed by atoms with E-state index >= 15 is 0 Å². The average molecular weight is 418 g/mol. The molecule has 160 valence electrons. The molecule has 0 fully saturated rings. The number of carbonyl (C=O) groups is 1. The van der Waals surface area contributed by atoms with Crippen LogP contribution in [-0.4, -0.2) is 37.6 Å².